The molecule has 8 heteroatoms. The molecule has 1 atom stereocenters. The van der Waals surface area contributed by atoms with Gasteiger partial charge in [0.1, 0.15) is 5.75 Å². The fourth-order valence-corrected chi connectivity index (χ4v) is 3.42. The normalized spacial score (nSPS) is 12.1. The molecule has 2 aromatic rings. The molecular weight excluding hydrogens is 519 g/mol. The molecule has 2 aromatic carbocycles. The van der Waals surface area contributed by atoms with Gasteiger partial charge in [-0.05, 0) is 62.3 Å². The van der Waals surface area contributed by atoms with Crippen LogP contribution >= 0.6 is 24.0 Å². The number of aliphatic imine (C=N–C) groups is 1. The number of hydrogen-bond acceptors (Lipinski definition) is 5. The average Bonchev–Trinajstić information content (AvgIpc) is 2.78. The first-order valence-electron chi connectivity index (χ1n) is 10.4. The molecule has 0 aliphatic heterocycles. The van der Waals surface area contributed by atoms with Crippen molar-refractivity contribution in [1.82, 2.24) is 15.5 Å². The first-order valence-corrected chi connectivity index (χ1v) is 10.4. The number of benzene rings is 2. The quantitative estimate of drug-likeness (QED) is 0.265. The minimum Gasteiger partial charge on any atom is -0.496 e. The van der Waals surface area contributed by atoms with E-state index in [0.29, 0.717) is 6.54 Å². The Morgan fingerprint density at radius 3 is 2.22 bits per heavy atom. The van der Waals surface area contributed by atoms with Crippen LogP contribution in [0.5, 0.6) is 17.2 Å². The van der Waals surface area contributed by atoms with Crippen LogP contribution in [-0.2, 0) is 6.42 Å². The molecule has 178 valence electrons. The summed E-state index contributed by atoms with van der Waals surface area (Å²) in [5.74, 6) is 3.14. The fourth-order valence-electron chi connectivity index (χ4n) is 3.42. The van der Waals surface area contributed by atoms with Gasteiger partial charge in [-0.25, -0.2) is 0 Å². The van der Waals surface area contributed by atoms with Crippen molar-refractivity contribution in [3.63, 3.8) is 0 Å². The summed E-state index contributed by atoms with van der Waals surface area (Å²) in [6.45, 7) is 3.52. The second-order valence-corrected chi connectivity index (χ2v) is 7.53. The summed E-state index contributed by atoms with van der Waals surface area (Å²) in [4.78, 5) is 6.53. The summed E-state index contributed by atoms with van der Waals surface area (Å²) < 4.78 is 16.2. The van der Waals surface area contributed by atoms with Crippen molar-refractivity contribution in [3.8, 4) is 17.2 Å². The zero-order chi connectivity index (χ0) is 22.8. The fraction of sp³-hybridized carbons (Fsp3) is 0.458. The van der Waals surface area contributed by atoms with Gasteiger partial charge in [0.25, 0.3) is 0 Å². The molecule has 2 N–H and O–H groups in total. The van der Waals surface area contributed by atoms with Gasteiger partial charge in [-0.1, -0.05) is 18.2 Å². The van der Waals surface area contributed by atoms with E-state index in [9.17, 15) is 0 Å². The van der Waals surface area contributed by atoms with Crippen molar-refractivity contribution in [3.05, 3.63) is 53.1 Å². The standard InChI is InChI=1S/C24H36N4O3.HI/c1-17-8-9-18(14-22(17)30-6)12-13-26-24(25-2)27-16-20(28(3)4)19-10-11-21(29-5)23(15-19)31-7;/h8-11,14-15,20H,12-13,16H2,1-7H3,(H2,25,26,27);1H. The number of methoxy groups -OCH3 is 3. The molecule has 2 rings (SSSR count). The molecule has 0 spiro atoms. The Morgan fingerprint density at radius 2 is 1.62 bits per heavy atom. The Hall–Kier alpha value is -2.20. The van der Waals surface area contributed by atoms with E-state index < -0.39 is 0 Å². The lowest BCUT2D eigenvalue weighted by molar-refractivity contribution is 0.295. The molecule has 0 bridgehead atoms. The highest BCUT2D eigenvalue weighted by molar-refractivity contribution is 14.0. The van der Waals surface area contributed by atoms with Crippen LogP contribution in [0.4, 0.5) is 0 Å². The lowest BCUT2D eigenvalue weighted by atomic mass is 10.1. The zero-order valence-corrected chi connectivity index (χ0v) is 22.5. The predicted molar refractivity (Wildman–Crippen MR) is 142 cm³/mol. The molecule has 0 fully saturated rings. The van der Waals surface area contributed by atoms with Crippen molar-refractivity contribution in [2.75, 3.05) is 55.6 Å². The lowest BCUT2D eigenvalue weighted by Gasteiger charge is -2.26. The number of rotatable bonds is 10. The Kier molecular flexibility index (Phi) is 12.2. The number of nitrogens with one attached hydrogen (secondary N) is 2. The third kappa shape index (κ3) is 7.74. The van der Waals surface area contributed by atoms with E-state index in [1.807, 2.05) is 19.1 Å². The number of guanidine groups is 1. The van der Waals surface area contributed by atoms with E-state index in [1.54, 1.807) is 28.4 Å². The van der Waals surface area contributed by atoms with Crippen LogP contribution in [0.25, 0.3) is 0 Å². The number of ether oxygens (including phenoxy) is 3. The molecule has 0 aromatic heterocycles. The van der Waals surface area contributed by atoms with Gasteiger partial charge < -0.3 is 29.7 Å². The molecule has 0 amide bonds. The minimum absolute atomic E-state index is 0. The highest BCUT2D eigenvalue weighted by Crippen LogP contribution is 2.31. The maximum atomic E-state index is 5.46. The predicted octanol–water partition coefficient (Wildman–Crippen LogP) is 3.65. The van der Waals surface area contributed by atoms with Crippen molar-refractivity contribution in [2.24, 2.45) is 4.99 Å². The number of hydrogen-bond donors (Lipinski definition) is 2. The molecular formula is C24H37IN4O3. The topological polar surface area (TPSA) is 67.4 Å². The molecule has 7 nitrogen and oxygen atoms in total. The second-order valence-electron chi connectivity index (χ2n) is 7.53. The van der Waals surface area contributed by atoms with E-state index in [2.05, 4.69) is 58.9 Å². The molecule has 1 unspecified atom stereocenters. The maximum Gasteiger partial charge on any atom is 0.191 e. The van der Waals surface area contributed by atoms with Gasteiger partial charge in [-0.15, -0.1) is 24.0 Å². The van der Waals surface area contributed by atoms with E-state index in [4.69, 9.17) is 14.2 Å². The smallest absolute Gasteiger partial charge is 0.191 e. The van der Waals surface area contributed by atoms with Crippen molar-refractivity contribution in [1.29, 1.82) is 0 Å². The summed E-state index contributed by atoms with van der Waals surface area (Å²) in [5, 5.41) is 6.83. The van der Waals surface area contributed by atoms with Gasteiger partial charge in [-0.3, -0.25) is 4.99 Å². The molecule has 0 radical (unpaired) electrons. The summed E-state index contributed by atoms with van der Waals surface area (Å²) >= 11 is 0. The molecule has 0 aliphatic rings. The highest BCUT2D eigenvalue weighted by Gasteiger charge is 2.17. The number of aryl methyl sites for hydroxylation is 1. The van der Waals surface area contributed by atoms with E-state index in [0.717, 1.165) is 47.3 Å². The maximum absolute atomic E-state index is 5.46. The summed E-state index contributed by atoms with van der Waals surface area (Å²) in [6, 6.07) is 12.5. The van der Waals surface area contributed by atoms with Gasteiger partial charge in [0.15, 0.2) is 17.5 Å². The Bertz CT molecular complexity index is 874. The summed E-state index contributed by atoms with van der Waals surface area (Å²) in [5.41, 5.74) is 3.50. The summed E-state index contributed by atoms with van der Waals surface area (Å²) in [6.07, 6.45) is 0.879. The van der Waals surface area contributed by atoms with Crippen LogP contribution in [0.2, 0.25) is 0 Å². The SMILES string of the molecule is CN=C(NCCc1ccc(C)c(OC)c1)NCC(c1ccc(OC)c(OC)c1)N(C)C.I. The first-order chi connectivity index (χ1) is 14.9. The monoisotopic (exact) mass is 556 g/mol. The Balaban J connectivity index is 0.00000512. The number of halogens is 1. The second kappa shape index (κ2) is 14.1. The van der Waals surface area contributed by atoms with Crippen LogP contribution in [0, 0.1) is 6.92 Å². The van der Waals surface area contributed by atoms with Gasteiger partial charge >= 0.3 is 0 Å². The van der Waals surface area contributed by atoms with E-state index in [1.165, 1.54) is 5.56 Å². The third-order valence-corrected chi connectivity index (χ3v) is 5.28. The van der Waals surface area contributed by atoms with Crippen molar-refractivity contribution < 1.29 is 14.2 Å². The Morgan fingerprint density at radius 1 is 0.938 bits per heavy atom. The van der Waals surface area contributed by atoms with Crippen LogP contribution in [-0.4, -0.2) is 66.4 Å². The van der Waals surface area contributed by atoms with Crippen molar-refractivity contribution in [2.45, 2.75) is 19.4 Å². The molecule has 0 saturated carbocycles. The highest BCUT2D eigenvalue weighted by atomic mass is 127. The van der Waals surface area contributed by atoms with E-state index in [-0.39, 0.29) is 30.0 Å². The number of nitrogens with zero attached hydrogens (tertiary/aromatic N) is 2. The van der Waals surface area contributed by atoms with Gasteiger partial charge in [0.05, 0.1) is 27.4 Å². The van der Waals surface area contributed by atoms with E-state index >= 15 is 0 Å². The molecule has 32 heavy (non-hydrogen) atoms. The zero-order valence-electron chi connectivity index (χ0n) is 20.2. The van der Waals surface area contributed by atoms with Gasteiger partial charge in [0, 0.05) is 20.1 Å². The van der Waals surface area contributed by atoms with Crippen LogP contribution in [0.15, 0.2) is 41.4 Å². The van der Waals surface area contributed by atoms with Gasteiger partial charge in [-0.2, -0.15) is 0 Å². The lowest BCUT2D eigenvalue weighted by Crippen LogP contribution is -2.42. The molecule has 0 aliphatic carbocycles. The summed E-state index contributed by atoms with van der Waals surface area (Å²) in [7, 11) is 10.9. The van der Waals surface area contributed by atoms with Crippen LogP contribution < -0.4 is 24.8 Å². The molecule has 0 saturated heterocycles. The van der Waals surface area contributed by atoms with Crippen molar-refractivity contribution >= 4 is 29.9 Å². The third-order valence-electron chi connectivity index (χ3n) is 5.28. The van der Waals surface area contributed by atoms with Crippen LogP contribution in [0.3, 0.4) is 0 Å². The minimum atomic E-state index is 0. The largest absolute Gasteiger partial charge is 0.496 e. The molecule has 0 heterocycles. The first kappa shape index (κ1) is 27.8. The van der Waals surface area contributed by atoms with Gasteiger partial charge in [0.2, 0.25) is 0 Å². The van der Waals surface area contributed by atoms with Crippen LogP contribution in [0.1, 0.15) is 22.7 Å². The Labute approximate surface area is 209 Å². The number of likely N-dealkylation sites (N-methyl/N-ethyl adjacent to an activating group) is 1. The average molecular weight is 556 g/mol.